The molecule has 8 heteroatoms. The van der Waals surface area contributed by atoms with Gasteiger partial charge in [-0.25, -0.2) is 0 Å². The van der Waals surface area contributed by atoms with Crippen LogP contribution in [0.25, 0.3) is 5.76 Å². The first kappa shape index (κ1) is 20.9. The number of hydrogen-bond acceptors (Lipinski definition) is 6. The molecule has 0 bridgehead atoms. The lowest BCUT2D eigenvalue weighted by atomic mass is 9.95. The van der Waals surface area contributed by atoms with Gasteiger partial charge in [-0.05, 0) is 48.0 Å². The van der Waals surface area contributed by atoms with Gasteiger partial charge in [-0.3, -0.25) is 14.5 Å². The highest BCUT2D eigenvalue weighted by Crippen LogP contribution is 2.44. The number of phenols is 1. The number of nitrogens with zero attached hydrogens (tertiary/aromatic N) is 1. The van der Waals surface area contributed by atoms with Gasteiger partial charge in [-0.2, -0.15) is 0 Å². The third kappa shape index (κ3) is 3.56. The molecule has 2 aliphatic rings. The van der Waals surface area contributed by atoms with Crippen molar-refractivity contribution in [3.63, 3.8) is 0 Å². The minimum absolute atomic E-state index is 0.0606. The number of ether oxygens (including phenoxy) is 2. The van der Waals surface area contributed by atoms with Crippen molar-refractivity contribution in [2.24, 2.45) is 0 Å². The molecule has 33 heavy (non-hydrogen) atoms. The first-order chi connectivity index (χ1) is 16.0. The van der Waals surface area contributed by atoms with Crippen molar-refractivity contribution < 1.29 is 29.3 Å². The van der Waals surface area contributed by atoms with Crippen LogP contribution in [0.1, 0.15) is 17.2 Å². The number of fused-ring (bicyclic) bond motifs is 1. The van der Waals surface area contributed by atoms with E-state index in [1.807, 2.05) is 0 Å². The molecular weight excluding hydrogens is 446 g/mol. The molecule has 0 saturated carbocycles. The van der Waals surface area contributed by atoms with Gasteiger partial charge >= 0.3 is 0 Å². The minimum atomic E-state index is -0.960. The van der Waals surface area contributed by atoms with E-state index >= 15 is 0 Å². The van der Waals surface area contributed by atoms with Crippen LogP contribution in [0.5, 0.6) is 17.2 Å². The molecule has 0 spiro atoms. The highest BCUT2D eigenvalue weighted by molar-refractivity contribution is 6.51. The number of rotatable bonds is 3. The molecule has 3 aromatic carbocycles. The predicted molar refractivity (Wildman–Crippen MR) is 122 cm³/mol. The van der Waals surface area contributed by atoms with E-state index in [9.17, 15) is 19.8 Å². The van der Waals surface area contributed by atoms with Crippen LogP contribution in [-0.2, 0) is 9.59 Å². The number of halogens is 1. The van der Waals surface area contributed by atoms with Crippen LogP contribution in [0.15, 0.2) is 72.3 Å². The van der Waals surface area contributed by atoms with Gasteiger partial charge in [0.25, 0.3) is 11.7 Å². The number of anilines is 1. The van der Waals surface area contributed by atoms with E-state index in [-0.39, 0.29) is 22.1 Å². The summed E-state index contributed by atoms with van der Waals surface area (Å²) in [5, 5.41) is 21.2. The molecule has 0 aliphatic carbocycles. The summed E-state index contributed by atoms with van der Waals surface area (Å²) in [6.07, 6.45) is 0. The van der Waals surface area contributed by atoms with E-state index in [1.165, 1.54) is 17.0 Å². The number of hydrogen-bond donors (Lipinski definition) is 2. The molecular formula is C25H18ClNO6. The third-order valence-electron chi connectivity index (χ3n) is 5.58. The first-order valence-electron chi connectivity index (χ1n) is 10.2. The summed E-state index contributed by atoms with van der Waals surface area (Å²) in [7, 11) is 0. The Balaban J connectivity index is 1.71. The fourth-order valence-corrected chi connectivity index (χ4v) is 4.23. The quantitative estimate of drug-likeness (QED) is 0.338. The van der Waals surface area contributed by atoms with Gasteiger partial charge < -0.3 is 19.7 Å². The SMILES string of the molecule is O=C1C(=O)N(c2ccccc2)C(c2ccc(O)c(Cl)c2)/C1=C(/O)c1ccc2c(c1)OCCO2. The molecule has 0 radical (unpaired) electrons. The maximum absolute atomic E-state index is 13.2. The summed E-state index contributed by atoms with van der Waals surface area (Å²) in [6, 6.07) is 16.9. The topological polar surface area (TPSA) is 96.3 Å². The van der Waals surface area contributed by atoms with E-state index in [2.05, 4.69) is 0 Å². The monoisotopic (exact) mass is 463 g/mol. The van der Waals surface area contributed by atoms with E-state index < -0.39 is 17.7 Å². The Kier molecular flexibility index (Phi) is 5.18. The Morgan fingerprint density at radius 1 is 0.939 bits per heavy atom. The van der Waals surface area contributed by atoms with E-state index in [0.717, 1.165) is 0 Å². The lowest BCUT2D eigenvalue weighted by Crippen LogP contribution is -2.29. The number of para-hydroxylation sites is 1. The first-order valence-corrected chi connectivity index (χ1v) is 10.6. The number of ketones is 1. The van der Waals surface area contributed by atoms with Crippen LogP contribution in [0.3, 0.4) is 0 Å². The Labute approximate surface area is 194 Å². The van der Waals surface area contributed by atoms with Gasteiger partial charge in [-0.1, -0.05) is 35.9 Å². The van der Waals surface area contributed by atoms with Crippen molar-refractivity contribution in [1.82, 2.24) is 0 Å². The van der Waals surface area contributed by atoms with Gasteiger partial charge in [0.15, 0.2) is 11.5 Å². The largest absolute Gasteiger partial charge is 0.507 e. The second-order valence-electron chi connectivity index (χ2n) is 7.57. The lowest BCUT2D eigenvalue weighted by Gasteiger charge is -2.25. The Bertz CT molecular complexity index is 1300. The maximum Gasteiger partial charge on any atom is 0.300 e. The van der Waals surface area contributed by atoms with E-state index in [1.54, 1.807) is 54.6 Å². The highest BCUT2D eigenvalue weighted by Gasteiger charge is 2.47. The lowest BCUT2D eigenvalue weighted by molar-refractivity contribution is -0.132. The van der Waals surface area contributed by atoms with Crippen LogP contribution in [0.4, 0.5) is 5.69 Å². The molecule has 1 amide bonds. The predicted octanol–water partition coefficient (Wildman–Crippen LogP) is 4.44. The third-order valence-corrected chi connectivity index (χ3v) is 5.88. The Hall–Kier alpha value is -3.97. The zero-order valence-electron chi connectivity index (χ0n) is 17.2. The number of phenolic OH excluding ortho intramolecular Hbond substituents is 1. The summed E-state index contributed by atoms with van der Waals surface area (Å²) in [6.45, 7) is 0.781. The molecule has 1 unspecified atom stereocenters. The normalized spacial score (nSPS) is 19.1. The van der Waals surface area contributed by atoms with E-state index in [4.69, 9.17) is 21.1 Å². The molecule has 5 rings (SSSR count). The van der Waals surface area contributed by atoms with Crippen LogP contribution < -0.4 is 14.4 Å². The molecule has 1 saturated heterocycles. The van der Waals surface area contributed by atoms with Crippen LogP contribution in [-0.4, -0.2) is 35.1 Å². The van der Waals surface area contributed by atoms with Gasteiger partial charge in [0, 0.05) is 11.3 Å². The number of aliphatic hydroxyl groups is 1. The van der Waals surface area contributed by atoms with Gasteiger partial charge in [-0.15, -0.1) is 0 Å². The summed E-state index contributed by atoms with van der Waals surface area (Å²) >= 11 is 6.14. The van der Waals surface area contributed by atoms with Crippen LogP contribution >= 0.6 is 11.6 Å². The standard InChI is InChI=1S/C25H18ClNO6/c26-17-12-14(6-8-18(17)28)22-21(24(30)25(31)27(22)16-4-2-1-3-5-16)23(29)15-7-9-19-20(13-15)33-11-10-32-19/h1-9,12-13,22,28-29H,10-11H2/b23-21-. The van der Waals surface area contributed by atoms with Crippen molar-refractivity contribution in [2.75, 3.05) is 18.1 Å². The minimum Gasteiger partial charge on any atom is -0.507 e. The summed E-state index contributed by atoms with van der Waals surface area (Å²) in [4.78, 5) is 27.6. The van der Waals surface area contributed by atoms with Crippen LogP contribution in [0, 0.1) is 0 Å². The number of aliphatic hydroxyl groups excluding tert-OH is 1. The van der Waals surface area contributed by atoms with E-state index in [0.29, 0.717) is 41.5 Å². The molecule has 2 aliphatic heterocycles. The molecule has 1 atom stereocenters. The zero-order chi connectivity index (χ0) is 23.1. The second kappa shape index (κ2) is 8.18. The Morgan fingerprint density at radius 3 is 2.39 bits per heavy atom. The zero-order valence-corrected chi connectivity index (χ0v) is 18.0. The molecule has 2 N–H and O–H groups in total. The van der Waals surface area contributed by atoms with Crippen molar-refractivity contribution in [3.8, 4) is 17.2 Å². The smallest absolute Gasteiger partial charge is 0.300 e. The maximum atomic E-state index is 13.2. The summed E-state index contributed by atoms with van der Waals surface area (Å²) in [5.41, 5.74) is 1.15. The molecule has 7 nitrogen and oxygen atoms in total. The molecule has 0 aromatic heterocycles. The van der Waals surface area contributed by atoms with Gasteiger partial charge in [0.05, 0.1) is 16.6 Å². The molecule has 3 aromatic rings. The number of aromatic hydroxyl groups is 1. The van der Waals surface area contributed by atoms with Crippen molar-refractivity contribution in [1.29, 1.82) is 0 Å². The number of benzene rings is 3. The molecule has 166 valence electrons. The van der Waals surface area contributed by atoms with Crippen molar-refractivity contribution in [3.05, 3.63) is 88.5 Å². The fourth-order valence-electron chi connectivity index (χ4n) is 4.04. The number of carbonyl (C=O) groups is 2. The average molecular weight is 464 g/mol. The molecule has 1 fully saturated rings. The number of Topliss-reactive ketones (excluding diaryl/α,β-unsaturated/α-hetero) is 1. The van der Waals surface area contributed by atoms with Crippen molar-refractivity contribution >= 4 is 34.7 Å². The second-order valence-corrected chi connectivity index (χ2v) is 7.98. The van der Waals surface area contributed by atoms with Crippen molar-refractivity contribution in [2.45, 2.75) is 6.04 Å². The molecule has 2 heterocycles. The summed E-state index contributed by atoms with van der Waals surface area (Å²) in [5.74, 6) is -1.13. The van der Waals surface area contributed by atoms with Gasteiger partial charge in [0.2, 0.25) is 0 Å². The van der Waals surface area contributed by atoms with Gasteiger partial charge in [0.1, 0.15) is 24.7 Å². The number of amides is 1. The fraction of sp³-hybridized carbons (Fsp3) is 0.120. The van der Waals surface area contributed by atoms with Crippen LogP contribution in [0.2, 0.25) is 5.02 Å². The summed E-state index contributed by atoms with van der Waals surface area (Å²) < 4.78 is 11.1. The number of carbonyl (C=O) groups excluding carboxylic acids is 2. The average Bonchev–Trinajstić information content (AvgIpc) is 3.11. The highest BCUT2D eigenvalue weighted by atomic mass is 35.5. The Morgan fingerprint density at radius 2 is 1.67 bits per heavy atom.